The highest BCUT2D eigenvalue weighted by Crippen LogP contribution is 2.29. The van der Waals surface area contributed by atoms with E-state index in [2.05, 4.69) is 0 Å². The summed E-state index contributed by atoms with van der Waals surface area (Å²) in [6.07, 6.45) is 0. The molecule has 0 fully saturated rings. The van der Waals surface area contributed by atoms with Gasteiger partial charge in [-0.1, -0.05) is 24.3 Å². The smallest absolute Gasteiger partial charge is 0.120 e. The number of aromatic hydroxyl groups is 1. The molecule has 0 aliphatic carbocycles. The van der Waals surface area contributed by atoms with Gasteiger partial charge in [-0.05, 0) is 17.5 Å². The van der Waals surface area contributed by atoms with Crippen LogP contribution in [0.2, 0.25) is 0 Å². The van der Waals surface area contributed by atoms with E-state index in [0.29, 0.717) is 0 Å². The van der Waals surface area contributed by atoms with Crippen molar-refractivity contribution >= 4 is 11.3 Å². The van der Waals surface area contributed by atoms with Crippen LogP contribution in [0.5, 0.6) is 5.75 Å². The third kappa shape index (κ3) is 1.64. The monoisotopic (exact) mass is 205 g/mol. The van der Waals surface area contributed by atoms with Crippen LogP contribution in [0.1, 0.15) is 16.5 Å². The summed E-state index contributed by atoms with van der Waals surface area (Å²) in [4.78, 5) is 1.06. The van der Waals surface area contributed by atoms with Crippen molar-refractivity contribution in [1.82, 2.24) is 0 Å². The summed E-state index contributed by atoms with van der Waals surface area (Å²) < 4.78 is 0. The van der Waals surface area contributed by atoms with Gasteiger partial charge in [0.15, 0.2) is 0 Å². The summed E-state index contributed by atoms with van der Waals surface area (Å²) in [5, 5.41) is 11.6. The molecule has 1 aromatic heterocycles. The van der Waals surface area contributed by atoms with Crippen LogP contribution in [-0.4, -0.2) is 5.11 Å². The molecule has 0 aliphatic heterocycles. The van der Waals surface area contributed by atoms with Gasteiger partial charge in [0.25, 0.3) is 0 Å². The normalized spacial score (nSPS) is 12.6. The van der Waals surface area contributed by atoms with Gasteiger partial charge in [0.1, 0.15) is 5.75 Å². The zero-order chi connectivity index (χ0) is 9.97. The molecule has 0 saturated carbocycles. The van der Waals surface area contributed by atoms with Gasteiger partial charge in [-0.2, -0.15) is 0 Å². The van der Waals surface area contributed by atoms with Crippen LogP contribution in [0.15, 0.2) is 41.8 Å². The van der Waals surface area contributed by atoms with Crippen LogP contribution in [0, 0.1) is 0 Å². The molecule has 2 aromatic rings. The number of para-hydroxylation sites is 1. The van der Waals surface area contributed by atoms with Crippen LogP contribution in [0.3, 0.4) is 0 Å². The molecule has 14 heavy (non-hydrogen) atoms. The van der Waals surface area contributed by atoms with Crippen molar-refractivity contribution in [2.75, 3.05) is 0 Å². The SMILES string of the molecule is N[C@H](c1cccs1)c1ccccc1O. The average molecular weight is 205 g/mol. The Balaban J connectivity index is 2.37. The Kier molecular flexibility index (Phi) is 2.52. The Bertz CT molecular complexity index is 411. The Hall–Kier alpha value is -1.32. The van der Waals surface area contributed by atoms with Crippen molar-refractivity contribution in [2.24, 2.45) is 5.73 Å². The molecule has 0 amide bonds. The molecule has 2 rings (SSSR count). The zero-order valence-electron chi connectivity index (χ0n) is 7.55. The number of hydrogen-bond donors (Lipinski definition) is 2. The Labute approximate surface area is 86.6 Å². The first-order valence-corrected chi connectivity index (χ1v) is 5.24. The lowest BCUT2D eigenvalue weighted by molar-refractivity contribution is 0.465. The van der Waals surface area contributed by atoms with Gasteiger partial charge in [-0.25, -0.2) is 0 Å². The van der Waals surface area contributed by atoms with Crippen molar-refractivity contribution < 1.29 is 5.11 Å². The third-order valence-corrected chi connectivity index (χ3v) is 3.08. The molecule has 0 radical (unpaired) electrons. The molecule has 2 nitrogen and oxygen atoms in total. The maximum absolute atomic E-state index is 9.60. The number of benzene rings is 1. The lowest BCUT2D eigenvalue weighted by atomic mass is 10.1. The molecule has 72 valence electrons. The van der Waals surface area contributed by atoms with E-state index in [4.69, 9.17) is 5.73 Å². The van der Waals surface area contributed by atoms with Gasteiger partial charge >= 0.3 is 0 Å². The maximum atomic E-state index is 9.60. The van der Waals surface area contributed by atoms with E-state index in [1.165, 1.54) is 0 Å². The van der Waals surface area contributed by atoms with Gasteiger partial charge in [0.05, 0.1) is 6.04 Å². The summed E-state index contributed by atoms with van der Waals surface area (Å²) in [5.74, 6) is 0.258. The fourth-order valence-corrected chi connectivity index (χ4v) is 2.12. The molecule has 3 N–H and O–H groups in total. The fraction of sp³-hybridized carbons (Fsp3) is 0.0909. The predicted molar refractivity (Wildman–Crippen MR) is 58.5 cm³/mol. The van der Waals surface area contributed by atoms with Crippen LogP contribution in [0.4, 0.5) is 0 Å². The number of rotatable bonds is 2. The van der Waals surface area contributed by atoms with Gasteiger partial charge in [0.2, 0.25) is 0 Å². The second kappa shape index (κ2) is 3.82. The lowest BCUT2D eigenvalue weighted by Crippen LogP contribution is -2.10. The number of hydrogen-bond acceptors (Lipinski definition) is 3. The van der Waals surface area contributed by atoms with Crippen molar-refractivity contribution in [3.63, 3.8) is 0 Å². The molecule has 3 heteroatoms. The first-order valence-electron chi connectivity index (χ1n) is 4.36. The van der Waals surface area contributed by atoms with E-state index in [9.17, 15) is 5.11 Å². The Morgan fingerprint density at radius 2 is 1.93 bits per heavy atom. The van der Waals surface area contributed by atoms with E-state index >= 15 is 0 Å². The van der Waals surface area contributed by atoms with Crippen molar-refractivity contribution in [2.45, 2.75) is 6.04 Å². The summed E-state index contributed by atoms with van der Waals surface area (Å²) >= 11 is 1.60. The van der Waals surface area contributed by atoms with Gasteiger partial charge in [-0.15, -0.1) is 11.3 Å². The van der Waals surface area contributed by atoms with Gasteiger partial charge < -0.3 is 10.8 Å². The number of nitrogens with two attached hydrogens (primary N) is 1. The topological polar surface area (TPSA) is 46.2 Å². The molecular formula is C11H11NOS. The number of phenolic OH excluding ortho intramolecular Hbond substituents is 1. The lowest BCUT2D eigenvalue weighted by Gasteiger charge is -2.11. The van der Waals surface area contributed by atoms with Crippen molar-refractivity contribution in [3.05, 3.63) is 52.2 Å². The molecule has 0 saturated heterocycles. The van der Waals surface area contributed by atoms with Crippen LogP contribution < -0.4 is 5.73 Å². The quantitative estimate of drug-likeness (QED) is 0.791. The first-order chi connectivity index (χ1) is 6.79. The second-order valence-corrected chi connectivity index (χ2v) is 4.03. The molecular weight excluding hydrogens is 194 g/mol. The molecule has 1 aromatic carbocycles. The fourth-order valence-electron chi connectivity index (χ4n) is 1.37. The molecule has 0 unspecified atom stereocenters. The summed E-state index contributed by atoms with van der Waals surface area (Å²) in [7, 11) is 0. The van der Waals surface area contributed by atoms with E-state index in [1.54, 1.807) is 23.5 Å². The summed E-state index contributed by atoms with van der Waals surface area (Å²) in [6.45, 7) is 0. The Morgan fingerprint density at radius 3 is 2.57 bits per heavy atom. The van der Waals surface area contributed by atoms with E-state index < -0.39 is 0 Å². The minimum absolute atomic E-state index is 0.226. The van der Waals surface area contributed by atoms with E-state index in [1.807, 2.05) is 29.6 Å². The van der Waals surface area contributed by atoms with Crippen molar-refractivity contribution in [3.8, 4) is 5.75 Å². The third-order valence-electron chi connectivity index (χ3n) is 2.12. The Morgan fingerprint density at radius 1 is 1.14 bits per heavy atom. The predicted octanol–water partition coefficient (Wildman–Crippen LogP) is 2.50. The minimum Gasteiger partial charge on any atom is -0.508 e. The number of thiophene rings is 1. The van der Waals surface area contributed by atoms with Crippen LogP contribution >= 0.6 is 11.3 Å². The largest absolute Gasteiger partial charge is 0.508 e. The number of phenols is 1. The van der Waals surface area contributed by atoms with E-state index in [-0.39, 0.29) is 11.8 Å². The highest BCUT2D eigenvalue weighted by molar-refractivity contribution is 7.10. The first kappa shape index (κ1) is 9.24. The second-order valence-electron chi connectivity index (χ2n) is 3.05. The van der Waals surface area contributed by atoms with Gasteiger partial charge in [0, 0.05) is 10.4 Å². The van der Waals surface area contributed by atoms with Crippen LogP contribution in [0.25, 0.3) is 0 Å². The minimum atomic E-state index is -0.226. The van der Waals surface area contributed by atoms with Crippen LogP contribution in [-0.2, 0) is 0 Å². The molecule has 0 spiro atoms. The maximum Gasteiger partial charge on any atom is 0.120 e. The van der Waals surface area contributed by atoms with E-state index in [0.717, 1.165) is 10.4 Å². The highest BCUT2D eigenvalue weighted by Gasteiger charge is 2.12. The highest BCUT2D eigenvalue weighted by atomic mass is 32.1. The molecule has 1 atom stereocenters. The molecule has 0 bridgehead atoms. The van der Waals surface area contributed by atoms with Gasteiger partial charge in [-0.3, -0.25) is 0 Å². The van der Waals surface area contributed by atoms with Crippen molar-refractivity contribution in [1.29, 1.82) is 0 Å². The summed E-state index contributed by atoms with van der Waals surface area (Å²) in [6, 6.07) is 10.9. The standard InChI is InChI=1S/C11H11NOS/c12-11(10-6-3-7-14-10)8-4-1-2-5-9(8)13/h1-7,11,13H,12H2/t11-/m0/s1. The average Bonchev–Trinajstić information content (AvgIpc) is 2.70. The molecule has 1 heterocycles. The molecule has 0 aliphatic rings. The zero-order valence-corrected chi connectivity index (χ0v) is 8.37. The summed E-state index contributed by atoms with van der Waals surface area (Å²) in [5.41, 5.74) is 6.79.